The summed E-state index contributed by atoms with van der Waals surface area (Å²) in [5.74, 6) is 0.328. The molecule has 1 unspecified atom stereocenters. The quantitative estimate of drug-likeness (QED) is 0.794. The number of carbonyl (C=O) groups is 1. The van der Waals surface area contributed by atoms with E-state index in [1.807, 2.05) is 4.57 Å². The lowest BCUT2D eigenvalue weighted by Gasteiger charge is -2.21. The molecule has 90 valence electrons. The van der Waals surface area contributed by atoms with E-state index < -0.39 is 5.97 Å². The maximum Gasteiger partial charge on any atom is 0.360 e. The van der Waals surface area contributed by atoms with Crippen LogP contribution in [0.4, 0.5) is 5.82 Å². The molecule has 0 fully saturated rings. The summed E-state index contributed by atoms with van der Waals surface area (Å²) >= 11 is 0. The van der Waals surface area contributed by atoms with E-state index in [1.54, 1.807) is 6.33 Å². The fraction of sp³-hybridized carbons (Fsp3) is 0.636. The molecule has 0 aliphatic rings. The van der Waals surface area contributed by atoms with E-state index in [0.29, 0.717) is 11.7 Å². The summed E-state index contributed by atoms with van der Waals surface area (Å²) in [7, 11) is 1.32. The maximum atomic E-state index is 11.4. The molecule has 1 aromatic rings. The fourth-order valence-corrected chi connectivity index (χ4v) is 1.88. The number of nitrogens with two attached hydrogens (primary N) is 1. The topological polar surface area (TPSA) is 70.1 Å². The molecule has 0 aliphatic carbocycles. The predicted octanol–water partition coefficient (Wildman–Crippen LogP) is 1.86. The van der Waals surface area contributed by atoms with Gasteiger partial charge in [0.1, 0.15) is 5.82 Å². The first-order valence-corrected chi connectivity index (χ1v) is 5.43. The Kier molecular flexibility index (Phi) is 3.93. The second-order valence-corrected chi connectivity index (χ2v) is 4.10. The maximum absolute atomic E-state index is 11.4. The Hall–Kier alpha value is -1.52. The van der Waals surface area contributed by atoms with Crippen molar-refractivity contribution in [3.05, 3.63) is 12.0 Å². The number of imidazole rings is 1. The zero-order valence-corrected chi connectivity index (χ0v) is 10.2. The zero-order valence-electron chi connectivity index (χ0n) is 10.2. The largest absolute Gasteiger partial charge is 0.464 e. The first-order valence-electron chi connectivity index (χ1n) is 5.43. The second kappa shape index (κ2) is 5.01. The third-order valence-corrected chi connectivity index (χ3v) is 2.76. The summed E-state index contributed by atoms with van der Waals surface area (Å²) in [5.41, 5.74) is 6.09. The third kappa shape index (κ3) is 2.18. The molecule has 1 heterocycles. The highest BCUT2D eigenvalue weighted by molar-refractivity contribution is 5.92. The van der Waals surface area contributed by atoms with E-state index in [2.05, 4.69) is 30.5 Å². The normalized spacial score (nSPS) is 12.8. The van der Waals surface area contributed by atoms with Crippen molar-refractivity contribution >= 4 is 11.8 Å². The van der Waals surface area contributed by atoms with Gasteiger partial charge in [0.05, 0.1) is 13.4 Å². The van der Waals surface area contributed by atoms with Gasteiger partial charge in [-0.05, 0) is 12.3 Å². The average Bonchev–Trinajstić information content (AvgIpc) is 2.61. The molecule has 0 amide bonds. The first-order chi connectivity index (χ1) is 7.52. The Bertz CT molecular complexity index is 371. The molecule has 16 heavy (non-hydrogen) atoms. The minimum atomic E-state index is -0.491. The molecule has 1 atom stereocenters. The molecule has 0 bridgehead atoms. The summed E-state index contributed by atoms with van der Waals surface area (Å²) in [6, 6.07) is 0.255. The number of ether oxygens (including phenoxy) is 1. The van der Waals surface area contributed by atoms with Crippen molar-refractivity contribution < 1.29 is 9.53 Å². The number of nitrogen functional groups attached to an aromatic ring is 1. The molecule has 0 aliphatic heterocycles. The number of anilines is 1. The van der Waals surface area contributed by atoms with Crippen LogP contribution in [0, 0.1) is 5.92 Å². The molecule has 0 saturated carbocycles. The van der Waals surface area contributed by atoms with E-state index in [4.69, 9.17) is 5.73 Å². The number of carbonyl (C=O) groups excluding carboxylic acids is 1. The summed E-state index contributed by atoms with van der Waals surface area (Å²) in [4.78, 5) is 15.4. The van der Waals surface area contributed by atoms with E-state index >= 15 is 0 Å². The van der Waals surface area contributed by atoms with Crippen LogP contribution in [0.15, 0.2) is 6.33 Å². The minimum Gasteiger partial charge on any atom is -0.464 e. The smallest absolute Gasteiger partial charge is 0.360 e. The average molecular weight is 225 g/mol. The molecular formula is C11H19N3O2. The van der Waals surface area contributed by atoms with Crippen molar-refractivity contribution in [3.63, 3.8) is 0 Å². The van der Waals surface area contributed by atoms with Gasteiger partial charge in [-0.2, -0.15) is 0 Å². The summed E-state index contributed by atoms with van der Waals surface area (Å²) in [5, 5.41) is 0. The van der Waals surface area contributed by atoms with Gasteiger partial charge in [0.15, 0.2) is 5.69 Å². The van der Waals surface area contributed by atoms with Gasteiger partial charge in [-0.3, -0.25) is 0 Å². The minimum absolute atomic E-state index is 0.196. The predicted molar refractivity (Wildman–Crippen MR) is 62.1 cm³/mol. The molecule has 0 aromatic carbocycles. The van der Waals surface area contributed by atoms with Crippen LogP contribution in [0.5, 0.6) is 0 Å². The van der Waals surface area contributed by atoms with Gasteiger partial charge in [-0.15, -0.1) is 0 Å². The summed E-state index contributed by atoms with van der Waals surface area (Å²) < 4.78 is 6.45. The van der Waals surface area contributed by atoms with Gasteiger partial charge in [0, 0.05) is 6.04 Å². The number of esters is 1. The Balaban J connectivity index is 3.07. The Morgan fingerprint density at radius 2 is 2.25 bits per heavy atom. The standard InChI is InChI=1S/C11H19N3O2/c1-5-8(7(2)3)14-6-13-9(10(14)12)11(15)16-4/h6-8H,5,12H2,1-4H3. The number of rotatable bonds is 4. The second-order valence-electron chi connectivity index (χ2n) is 4.10. The van der Waals surface area contributed by atoms with Gasteiger partial charge in [-0.1, -0.05) is 20.8 Å². The number of hydrogen-bond acceptors (Lipinski definition) is 4. The third-order valence-electron chi connectivity index (χ3n) is 2.76. The Labute approximate surface area is 95.6 Å². The van der Waals surface area contributed by atoms with Crippen molar-refractivity contribution in [1.29, 1.82) is 0 Å². The first kappa shape index (κ1) is 12.5. The number of aromatic nitrogens is 2. The Morgan fingerprint density at radius 3 is 2.69 bits per heavy atom. The molecule has 0 spiro atoms. The van der Waals surface area contributed by atoms with Gasteiger partial charge in [-0.25, -0.2) is 9.78 Å². The molecule has 5 heteroatoms. The van der Waals surface area contributed by atoms with E-state index in [9.17, 15) is 4.79 Å². The zero-order chi connectivity index (χ0) is 12.3. The highest BCUT2D eigenvalue weighted by Crippen LogP contribution is 2.25. The summed E-state index contributed by atoms with van der Waals surface area (Å²) in [6.45, 7) is 6.32. The molecule has 1 aromatic heterocycles. The van der Waals surface area contributed by atoms with Crippen molar-refractivity contribution in [2.75, 3.05) is 12.8 Å². The van der Waals surface area contributed by atoms with Crippen LogP contribution in [0.1, 0.15) is 43.7 Å². The molecular weight excluding hydrogens is 206 g/mol. The van der Waals surface area contributed by atoms with Gasteiger partial charge < -0.3 is 15.0 Å². The van der Waals surface area contributed by atoms with Crippen LogP contribution < -0.4 is 5.73 Å². The number of nitrogens with zero attached hydrogens (tertiary/aromatic N) is 2. The lowest BCUT2D eigenvalue weighted by molar-refractivity contribution is 0.0596. The van der Waals surface area contributed by atoms with E-state index in [1.165, 1.54) is 7.11 Å². The lowest BCUT2D eigenvalue weighted by Crippen LogP contribution is -2.16. The fourth-order valence-electron chi connectivity index (χ4n) is 1.88. The highest BCUT2D eigenvalue weighted by Gasteiger charge is 2.21. The van der Waals surface area contributed by atoms with Crippen LogP contribution in [-0.2, 0) is 4.74 Å². The van der Waals surface area contributed by atoms with Crippen LogP contribution >= 0.6 is 0 Å². The molecule has 2 N–H and O–H groups in total. The van der Waals surface area contributed by atoms with Crippen LogP contribution in [0.3, 0.4) is 0 Å². The monoisotopic (exact) mass is 225 g/mol. The molecule has 5 nitrogen and oxygen atoms in total. The molecule has 0 saturated heterocycles. The molecule has 0 radical (unpaired) electrons. The van der Waals surface area contributed by atoms with E-state index in [-0.39, 0.29) is 11.7 Å². The van der Waals surface area contributed by atoms with Crippen LogP contribution in [0.25, 0.3) is 0 Å². The van der Waals surface area contributed by atoms with E-state index in [0.717, 1.165) is 6.42 Å². The van der Waals surface area contributed by atoms with Crippen molar-refractivity contribution in [1.82, 2.24) is 9.55 Å². The highest BCUT2D eigenvalue weighted by atomic mass is 16.5. The van der Waals surface area contributed by atoms with Gasteiger partial charge in [0.25, 0.3) is 0 Å². The van der Waals surface area contributed by atoms with Crippen LogP contribution in [0.2, 0.25) is 0 Å². The number of methoxy groups -OCH3 is 1. The van der Waals surface area contributed by atoms with Crippen molar-refractivity contribution in [3.8, 4) is 0 Å². The summed E-state index contributed by atoms with van der Waals surface area (Å²) in [6.07, 6.45) is 2.55. The lowest BCUT2D eigenvalue weighted by atomic mass is 10.0. The number of hydrogen-bond donors (Lipinski definition) is 1. The van der Waals surface area contributed by atoms with Gasteiger partial charge in [0.2, 0.25) is 0 Å². The van der Waals surface area contributed by atoms with Crippen molar-refractivity contribution in [2.24, 2.45) is 5.92 Å². The van der Waals surface area contributed by atoms with Crippen molar-refractivity contribution in [2.45, 2.75) is 33.2 Å². The SMILES string of the molecule is CCC(C(C)C)n1cnc(C(=O)OC)c1N. The van der Waals surface area contributed by atoms with Crippen LogP contribution in [-0.4, -0.2) is 22.6 Å². The molecule has 1 rings (SSSR count). The Morgan fingerprint density at radius 1 is 1.62 bits per heavy atom. The van der Waals surface area contributed by atoms with Gasteiger partial charge >= 0.3 is 5.97 Å².